The van der Waals surface area contributed by atoms with Crippen LogP contribution in [0.4, 0.5) is 0 Å². The predicted molar refractivity (Wildman–Crippen MR) is 306 cm³/mol. The number of esters is 3. The van der Waals surface area contributed by atoms with Gasteiger partial charge in [-0.15, -0.1) is 0 Å². The Hall–Kier alpha value is -4.19. The van der Waals surface area contributed by atoms with Crippen LogP contribution in [0.3, 0.4) is 0 Å². The average Bonchev–Trinajstić information content (AvgIpc) is 3.37. The van der Waals surface area contributed by atoms with Crippen LogP contribution in [-0.2, 0) is 28.6 Å². The third-order valence-corrected chi connectivity index (χ3v) is 11.9. The van der Waals surface area contributed by atoms with E-state index in [0.29, 0.717) is 19.3 Å². The van der Waals surface area contributed by atoms with Crippen LogP contribution >= 0.6 is 0 Å². The molecule has 0 aromatic carbocycles. The van der Waals surface area contributed by atoms with E-state index in [9.17, 15) is 14.4 Å². The van der Waals surface area contributed by atoms with Gasteiger partial charge in [0, 0.05) is 19.3 Å². The van der Waals surface area contributed by atoms with Gasteiger partial charge in [0.1, 0.15) is 13.2 Å². The van der Waals surface area contributed by atoms with Gasteiger partial charge in [-0.1, -0.05) is 232 Å². The largest absolute Gasteiger partial charge is 0.462 e. The molecule has 0 fully saturated rings. The second-order valence-electron chi connectivity index (χ2n) is 18.8. The molecule has 0 bridgehead atoms. The SMILES string of the molecule is CC/C=C\C/C=C\C/C=C\C/C=C\CCCCCCC(=O)OC[C@H](COC(=O)CC/C=C\C/C=C\C/C=C\C/C=C\C/C=C\CCCCC)OC(=O)CCCCCCCCC/C=C\CCCCCCCC. The third kappa shape index (κ3) is 56.6. The van der Waals surface area contributed by atoms with Gasteiger partial charge < -0.3 is 14.2 Å². The highest BCUT2D eigenvalue weighted by Crippen LogP contribution is 2.14. The molecular formula is C65H106O6. The molecule has 0 spiro atoms. The molecule has 0 heterocycles. The van der Waals surface area contributed by atoms with Crippen LogP contribution < -0.4 is 0 Å². The fourth-order valence-corrected chi connectivity index (χ4v) is 7.59. The van der Waals surface area contributed by atoms with Crippen molar-refractivity contribution in [2.24, 2.45) is 0 Å². The molecule has 0 aromatic rings. The Balaban J connectivity index is 4.56. The Morgan fingerprint density at radius 2 is 0.577 bits per heavy atom. The molecule has 0 radical (unpaired) electrons. The molecule has 0 aliphatic carbocycles. The molecule has 0 aromatic heterocycles. The van der Waals surface area contributed by atoms with Crippen LogP contribution in [-0.4, -0.2) is 37.2 Å². The molecule has 0 aliphatic heterocycles. The molecule has 0 saturated carbocycles. The van der Waals surface area contributed by atoms with Crippen LogP contribution in [0.25, 0.3) is 0 Å². The van der Waals surface area contributed by atoms with Crippen molar-refractivity contribution in [1.82, 2.24) is 0 Å². The molecule has 0 N–H and O–H groups in total. The quantitative estimate of drug-likeness (QED) is 0.0261. The summed E-state index contributed by atoms with van der Waals surface area (Å²) in [5.41, 5.74) is 0. The minimum Gasteiger partial charge on any atom is -0.462 e. The number of rotatable bonds is 51. The Kier molecular flexibility index (Phi) is 54.9. The summed E-state index contributed by atoms with van der Waals surface area (Å²) in [6.45, 7) is 6.40. The van der Waals surface area contributed by atoms with Gasteiger partial charge in [-0.3, -0.25) is 14.4 Å². The van der Waals surface area contributed by atoms with Crippen LogP contribution in [0.5, 0.6) is 0 Å². The number of carbonyl (C=O) groups is 3. The van der Waals surface area contributed by atoms with E-state index < -0.39 is 6.10 Å². The maximum atomic E-state index is 12.9. The second kappa shape index (κ2) is 58.4. The summed E-state index contributed by atoms with van der Waals surface area (Å²) >= 11 is 0. The van der Waals surface area contributed by atoms with E-state index in [0.717, 1.165) is 103 Å². The standard InChI is InChI=1S/C65H106O6/c1-4-7-10-13-16-19-22-25-28-31-32-35-37-40-43-46-49-52-55-58-64(67)70-61-62(71-65(68)59-56-53-50-47-44-41-38-34-30-27-24-21-18-15-12-9-6-3)60-69-63(66)57-54-51-48-45-42-39-36-33-29-26-23-20-17-14-11-8-5-2/h8,11,16-17,19-20,25-30,32,35-36,39-40,43,49,52,62H,4-7,9-10,12-15,18,21-24,31,33-34,37-38,41-42,44-48,50-51,53-61H2,1-3H3/b11-8-,19-16-,20-17-,28-25-,29-26-,30-27-,35-32-,39-36-,43-40-,52-49-/t62-/m1/s1. The van der Waals surface area contributed by atoms with Gasteiger partial charge in [-0.25, -0.2) is 0 Å². The van der Waals surface area contributed by atoms with Crippen molar-refractivity contribution in [3.63, 3.8) is 0 Å². The summed E-state index contributed by atoms with van der Waals surface area (Å²) in [5, 5.41) is 0. The summed E-state index contributed by atoms with van der Waals surface area (Å²) in [4.78, 5) is 38.2. The lowest BCUT2D eigenvalue weighted by Gasteiger charge is -2.18. The van der Waals surface area contributed by atoms with Crippen LogP contribution in [0.15, 0.2) is 122 Å². The molecule has 6 nitrogen and oxygen atoms in total. The Labute approximate surface area is 437 Å². The van der Waals surface area contributed by atoms with E-state index in [1.54, 1.807) is 0 Å². The zero-order chi connectivity index (χ0) is 51.4. The van der Waals surface area contributed by atoms with Crippen molar-refractivity contribution in [3.8, 4) is 0 Å². The first kappa shape index (κ1) is 66.8. The number of hydrogen-bond donors (Lipinski definition) is 0. The van der Waals surface area contributed by atoms with Gasteiger partial charge in [0.05, 0.1) is 0 Å². The Morgan fingerprint density at radius 3 is 0.986 bits per heavy atom. The first-order valence-corrected chi connectivity index (χ1v) is 29.0. The second-order valence-corrected chi connectivity index (χ2v) is 18.8. The first-order valence-electron chi connectivity index (χ1n) is 29.0. The summed E-state index contributed by atoms with van der Waals surface area (Å²) in [6.07, 6.45) is 80.5. The highest BCUT2D eigenvalue weighted by molar-refractivity contribution is 5.71. The minimum atomic E-state index is -0.825. The predicted octanol–water partition coefficient (Wildman–Crippen LogP) is 19.6. The van der Waals surface area contributed by atoms with Crippen molar-refractivity contribution in [3.05, 3.63) is 122 Å². The van der Waals surface area contributed by atoms with Crippen molar-refractivity contribution in [1.29, 1.82) is 0 Å². The van der Waals surface area contributed by atoms with E-state index in [1.807, 2.05) is 6.08 Å². The third-order valence-electron chi connectivity index (χ3n) is 11.9. The maximum Gasteiger partial charge on any atom is 0.306 e. The zero-order valence-corrected chi connectivity index (χ0v) is 45.9. The molecule has 1 atom stereocenters. The summed E-state index contributed by atoms with van der Waals surface area (Å²) < 4.78 is 16.8. The molecule has 0 aliphatic rings. The van der Waals surface area contributed by atoms with Gasteiger partial charge in [-0.2, -0.15) is 0 Å². The minimum absolute atomic E-state index is 0.118. The molecule has 0 saturated heterocycles. The first-order chi connectivity index (χ1) is 35.0. The van der Waals surface area contributed by atoms with E-state index in [1.165, 1.54) is 103 Å². The van der Waals surface area contributed by atoms with Gasteiger partial charge >= 0.3 is 17.9 Å². The van der Waals surface area contributed by atoms with Crippen LogP contribution in [0.2, 0.25) is 0 Å². The molecule has 0 unspecified atom stereocenters. The van der Waals surface area contributed by atoms with Gasteiger partial charge in [-0.05, 0) is 122 Å². The summed E-state index contributed by atoms with van der Waals surface area (Å²) in [6, 6.07) is 0. The zero-order valence-electron chi connectivity index (χ0n) is 45.9. The molecule has 6 heteroatoms. The highest BCUT2D eigenvalue weighted by atomic mass is 16.6. The molecule has 71 heavy (non-hydrogen) atoms. The normalized spacial score (nSPS) is 13.0. The van der Waals surface area contributed by atoms with Crippen molar-refractivity contribution in [2.45, 2.75) is 258 Å². The van der Waals surface area contributed by atoms with Gasteiger partial charge in [0.2, 0.25) is 0 Å². The fraction of sp³-hybridized carbons (Fsp3) is 0.646. The lowest BCUT2D eigenvalue weighted by molar-refractivity contribution is -0.166. The van der Waals surface area contributed by atoms with E-state index in [2.05, 4.69) is 136 Å². The molecular weight excluding hydrogens is 877 g/mol. The maximum absolute atomic E-state index is 12.9. The number of unbranched alkanes of at least 4 members (excludes halogenated alkanes) is 20. The number of carbonyl (C=O) groups excluding carboxylic acids is 3. The fourth-order valence-electron chi connectivity index (χ4n) is 7.59. The van der Waals surface area contributed by atoms with E-state index in [4.69, 9.17) is 14.2 Å². The number of hydrogen-bond acceptors (Lipinski definition) is 6. The highest BCUT2D eigenvalue weighted by Gasteiger charge is 2.19. The summed E-state index contributed by atoms with van der Waals surface area (Å²) in [7, 11) is 0. The number of allylic oxidation sites excluding steroid dienone is 20. The molecule has 0 rings (SSSR count). The van der Waals surface area contributed by atoms with E-state index in [-0.39, 0.29) is 37.5 Å². The molecule has 402 valence electrons. The smallest absolute Gasteiger partial charge is 0.306 e. The monoisotopic (exact) mass is 983 g/mol. The van der Waals surface area contributed by atoms with Gasteiger partial charge in [0.15, 0.2) is 6.10 Å². The van der Waals surface area contributed by atoms with Crippen LogP contribution in [0, 0.1) is 0 Å². The van der Waals surface area contributed by atoms with Crippen molar-refractivity contribution >= 4 is 17.9 Å². The topological polar surface area (TPSA) is 78.9 Å². The lowest BCUT2D eigenvalue weighted by Crippen LogP contribution is -2.30. The van der Waals surface area contributed by atoms with Crippen molar-refractivity contribution in [2.75, 3.05) is 13.2 Å². The average molecular weight is 984 g/mol. The Morgan fingerprint density at radius 1 is 0.296 bits per heavy atom. The Bertz CT molecular complexity index is 1500. The summed E-state index contributed by atoms with van der Waals surface area (Å²) in [5.74, 6) is -1.03. The van der Waals surface area contributed by atoms with Crippen molar-refractivity contribution < 1.29 is 28.6 Å². The van der Waals surface area contributed by atoms with Gasteiger partial charge in [0.25, 0.3) is 0 Å². The number of ether oxygens (including phenoxy) is 3. The van der Waals surface area contributed by atoms with Crippen LogP contribution in [0.1, 0.15) is 252 Å². The lowest BCUT2D eigenvalue weighted by atomic mass is 10.1. The van der Waals surface area contributed by atoms with E-state index >= 15 is 0 Å². The molecule has 0 amide bonds.